The second kappa shape index (κ2) is 11.3. The lowest BCUT2D eigenvalue weighted by atomic mass is 10.1. The Kier molecular flexibility index (Phi) is 8.33. The Morgan fingerprint density at radius 1 is 0.561 bits per heavy atom. The van der Waals surface area contributed by atoms with E-state index >= 15 is 0 Å². The lowest BCUT2D eigenvalue weighted by molar-refractivity contribution is -0.242. The summed E-state index contributed by atoms with van der Waals surface area (Å²) in [6.45, 7) is 15.9. The maximum Gasteiger partial charge on any atom is 0.190 e. The second-order valence-corrected chi connectivity index (χ2v) is 12.6. The van der Waals surface area contributed by atoms with E-state index in [1.165, 1.54) is 0 Å². The fourth-order valence-corrected chi connectivity index (χ4v) is 6.40. The third-order valence-electron chi connectivity index (χ3n) is 7.91. The van der Waals surface area contributed by atoms with Crippen LogP contribution in [0.3, 0.4) is 0 Å². The van der Waals surface area contributed by atoms with Gasteiger partial charge in [-0.1, -0.05) is 6.08 Å². The lowest BCUT2D eigenvalue weighted by Gasteiger charge is -2.30. The average molecular weight is 589 g/mol. The molecule has 6 fully saturated rings. The van der Waals surface area contributed by atoms with E-state index in [4.69, 9.17) is 61.6 Å². The van der Waals surface area contributed by atoms with Gasteiger partial charge in [-0.2, -0.15) is 0 Å². The lowest BCUT2D eigenvalue weighted by Crippen LogP contribution is -2.45. The highest BCUT2D eigenvalue weighted by Crippen LogP contribution is 2.43. The fourth-order valence-electron chi connectivity index (χ4n) is 6.40. The Morgan fingerprint density at radius 3 is 1.29 bits per heavy atom. The van der Waals surface area contributed by atoms with Crippen molar-refractivity contribution in [3.05, 3.63) is 12.7 Å². The van der Waals surface area contributed by atoms with Crippen LogP contribution in [0.25, 0.3) is 0 Å². The molecule has 13 nitrogen and oxygen atoms in total. The van der Waals surface area contributed by atoms with Crippen LogP contribution in [0.1, 0.15) is 41.5 Å². The van der Waals surface area contributed by atoms with Crippen molar-refractivity contribution in [3.8, 4) is 0 Å². The molecule has 0 N–H and O–H groups in total. The van der Waals surface area contributed by atoms with E-state index in [2.05, 4.69) is 6.58 Å². The normalized spacial score (nSPS) is 47.0. The van der Waals surface area contributed by atoms with Crippen molar-refractivity contribution < 1.29 is 61.6 Å². The number of methoxy groups -OCH3 is 1. The summed E-state index contributed by atoms with van der Waals surface area (Å²) in [5.41, 5.74) is 0. The monoisotopic (exact) mass is 588 g/mol. The van der Waals surface area contributed by atoms with Gasteiger partial charge in [-0.25, -0.2) is 0 Å². The molecule has 0 aromatic rings. The molecule has 0 aliphatic carbocycles. The molecule has 6 rings (SSSR count). The molecule has 6 heterocycles. The van der Waals surface area contributed by atoms with Crippen molar-refractivity contribution in [2.75, 3.05) is 33.5 Å². The van der Waals surface area contributed by atoms with Gasteiger partial charge < -0.3 is 61.6 Å². The largest absolute Gasteiger partial charge is 0.382 e. The number of rotatable bonds is 11. The molecule has 0 spiro atoms. The number of hydrogen-bond acceptors (Lipinski definition) is 13. The molecule has 41 heavy (non-hydrogen) atoms. The summed E-state index contributed by atoms with van der Waals surface area (Å²) in [5, 5.41) is 0. The van der Waals surface area contributed by atoms with Crippen molar-refractivity contribution in [2.45, 2.75) is 133 Å². The van der Waals surface area contributed by atoms with Crippen LogP contribution in [0.2, 0.25) is 0 Å². The third-order valence-corrected chi connectivity index (χ3v) is 7.91. The van der Waals surface area contributed by atoms with Gasteiger partial charge in [0.25, 0.3) is 0 Å². The van der Waals surface area contributed by atoms with E-state index in [0.29, 0.717) is 13.2 Å². The predicted octanol–water partition coefficient (Wildman–Crippen LogP) is 1.60. The Labute approximate surface area is 240 Å². The molecule has 234 valence electrons. The number of ether oxygens (including phenoxy) is 13. The number of hydrogen-bond donors (Lipinski definition) is 0. The van der Waals surface area contributed by atoms with Crippen LogP contribution in [-0.2, 0) is 61.6 Å². The Morgan fingerprint density at radius 2 is 0.927 bits per heavy atom. The van der Waals surface area contributed by atoms with Gasteiger partial charge in [0.1, 0.15) is 54.9 Å². The molecule has 0 saturated carbocycles. The van der Waals surface area contributed by atoms with Gasteiger partial charge in [-0.3, -0.25) is 0 Å². The first-order valence-electron chi connectivity index (χ1n) is 14.4. The topological polar surface area (TPSA) is 120 Å². The molecule has 0 aromatic carbocycles. The van der Waals surface area contributed by atoms with E-state index in [0.717, 1.165) is 0 Å². The summed E-state index contributed by atoms with van der Waals surface area (Å²) < 4.78 is 79.1. The van der Waals surface area contributed by atoms with E-state index in [9.17, 15) is 0 Å². The van der Waals surface area contributed by atoms with Gasteiger partial charge in [0.15, 0.2) is 36.2 Å². The summed E-state index contributed by atoms with van der Waals surface area (Å²) in [7, 11) is 1.62. The van der Waals surface area contributed by atoms with Crippen molar-refractivity contribution in [1.29, 1.82) is 0 Å². The summed E-state index contributed by atoms with van der Waals surface area (Å²) in [5.74, 6) is -2.36. The minimum absolute atomic E-state index is 0.180. The summed E-state index contributed by atoms with van der Waals surface area (Å²) in [6, 6.07) is 0. The molecule has 6 saturated heterocycles. The van der Waals surface area contributed by atoms with Crippen LogP contribution >= 0.6 is 0 Å². The average Bonchev–Trinajstić information content (AvgIpc) is 3.64. The van der Waals surface area contributed by atoms with Crippen LogP contribution in [0.4, 0.5) is 0 Å². The van der Waals surface area contributed by atoms with Crippen molar-refractivity contribution in [1.82, 2.24) is 0 Å². The SMILES string of the molecule is C=CCO[C@H]1[C@H]2OC(C)(C)O[C@H]2O[C@@H]1CO[C@H]1[C@H]2OC(C)(C)O[C@H]2O[C@@H]1CO[C@H]1[C@H]2OC(C)(C)O[C@H]2O[C@@H]1COC. The summed E-state index contributed by atoms with van der Waals surface area (Å²) in [4.78, 5) is 0. The maximum atomic E-state index is 6.48. The Balaban J connectivity index is 1.13. The van der Waals surface area contributed by atoms with Crippen LogP contribution < -0.4 is 0 Å². The molecule has 6 aliphatic rings. The number of fused-ring (bicyclic) bond motifs is 3. The van der Waals surface area contributed by atoms with Crippen molar-refractivity contribution >= 4 is 0 Å². The minimum Gasteiger partial charge on any atom is -0.382 e. The molecule has 0 radical (unpaired) electrons. The summed E-state index contributed by atoms with van der Waals surface area (Å²) >= 11 is 0. The third kappa shape index (κ3) is 6.12. The first kappa shape index (κ1) is 30.3. The van der Waals surface area contributed by atoms with Crippen LogP contribution in [0.15, 0.2) is 12.7 Å². The van der Waals surface area contributed by atoms with Crippen molar-refractivity contribution in [2.24, 2.45) is 0 Å². The Bertz CT molecular complexity index is 942. The van der Waals surface area contributed by atoms with E-state index in [1.54, 1.807) is 13.2 Å². The first-order valence-corrected chi connectivity index (χ1v) is 14.4. The predicted molar refractivity (Wildman–Crippen MR) is 137 cm³/mol. The van der Waals surface area contributed by atoms with Crippen LogP contribution in [-0.4, -0.2) is 125 Å². The standard InChI is InChI=1S/C28H44O13/c1-9-10-30-17-15(34-23-20(17)36-26(2,3)39-23)12-32-19-16(35-25-22(19)38-28(6,7)41-25)13-31-18-14(11-29-8)33-24-21(18)37-27(4,5)40-24/h9,14-25H,1,10-13H2,2-8H3/t14-,15-,16-,17-,18-,19-,20-,21-,22-,23-,24-,25-/m1/s1. The highest BCUT2D eigenvalue weighted by Gasteiger charge is 2.60. The molecule has 0 amide bonds. The Hall–Kier alpha value is -0.780. The molecular weight excluding hydrogens is 544 g/mol. The van der Waals surface area contributed by atoms with Gasteiger partial charge in [0.2, 0.25) is 0 Å². The fraction of sp³-hybridized carbons (Fsp3) is 0.929. The zero-order chi connectivity index (χ0) is 29.2. The smallest absolute Gasteiger partial charge is 0.190 e. The van der Waals surface area contributed by atoms with E-state index in [1.807, 2.05) is 41.5 Å². The summed E-state index contributed by atoms with van der Waals surface area (Å²) in [6.07, 6.45) is -3.95. The zero-order valence-electron chi connectivity index (χ0n) is 24.8. The van der Waals surface area contributed by atoms with Gasteiger partial charge in [0.05, 0.1) is 26.4 Å². The molecule has 0 aromatic heterocycles. The molecule has 12 atom stereocenters. The molecular formula is C28H44O13. The maximum absolute atomic E-state index is 6.48. The van der Waals surface area contributed by atoms with Gasteiger partial charge in [0, 0.05) is 7.11 Å². The zero-order valence-corrected chi connectivity index (χ0v) is 24.8. The highest BCUT2D eigenvalue weighted by molar-refractivity contribution is 4.99. The van der Waals surface area contributed by atoms with Gasteiger partial charge >= 0.3 is 0 Å². The van der Waals surface area contributed by atoms with Crippen LogP contribution in [0.5, 0.6) is 0 Å². The van der Waals surface area contributed by atoms with Gasteiger partial charge in [-0.15, -0.1) is 6.58 Å². The molecule has 6 aliphatic heterocycles. The minimum atomic E-state index is -0.816. The second-order valence-electron chi connectivity index (χ2n) is 12.6. The molecule has 0 bridgehead atoms. The van der Waals surface area contributed by atoms with E-state index in [-0.39, 0.29) is 25.4 Å². The van der Waals surface area contributed by atoms with Crippen molar-refractivity contribution in [3.63, 3.8) is 0 Å². The first-order chi connectivity index (χ1) is 19.4. The highest BCUT2D eigenvalue weighted by atomic mass is 16.9. The van der Waals surface area contributed by atoms with Gasteiger partial charge in [-0.05, 0) is 41.5 Å². The molecule has 13 heteroatoms. The van der Waals surface area contributed by atoms with E-state index < -0.39 is 79.0 Å². The van der Waals surface area contributed by atoms with Crippen LogP contribution in [0, 0.1) is 0 Å². The quantitative estimate of drug-likeness (QED) is 0.325. The molecule has 0 unspecified atom stereocenters.